The van der Waals surface area contributed by atoms with E-state index < -0.39 is 11.7 Å². The molecule has 0 aliphatic rings. The summed E-state index contributed by atoms with van der Waals surface area (Å²) < 4.78 is 18.5. The van der Waals surface area contributed by atoms with Crippen molar-refractivity contribution in [1.29, 1.82) is 0 Å². The Kier molecular flexibility index (Phi) is 4.36. The predicted molar refractivity (Wildman–Crippen MR) is 73.0 cm³/mol. The molecule has 0 fully saturated rings. The van der Waals surface area contributed by atoms with Gasteiger partial charge in [0.15, 0.2) is 0 Å². The molecule has 0 aliphatic carbocycles. The fraction of sp³-hybridized carbons (Fsp3) is 0.0833. The van der Waals surface area contributed by atoms with Crippen LogP contribution in [-0.2, 0) is 0 Å². The Labute approximate surface area is 123 Å². The molecule has 0 bridgehead atoms. The van der Waals surface area contributed by atoms with Crippen LogP contribution in [0.4, 0.5) is 10.1 Å². The molecular weight excluding hydrogens is 308 g/mol. The number of amides is 1. The zero-order valence-electron chi connectivity index (χ0n) is 10.2. The first-order valence-corrected chi connectivity index (χ1v) is 6.10. The number of carbonyl (C=O) groups is 1. The quantitative estimate of drug-likeness (QED) is 0.883. The van der Waals surface area contributed by atoms with Crippen LogP contribution in [0.5, 0.6) is 5.88 Å². The lowest BCUT2D eigenvalue weighted by molar-refractivity contribution is 0.102. The Hall–Kier alpha value is -1.92. The number of carbonyl (C=O) groups excluding carboxylic acids is 1. The smallest absolute Gasteiger partial charge is 0.262 e. The van der Waals surface area contributed by atoms with Gasteiger partial charge in [-0.1, -0.05) is 17.7 Å². The van der Waals surface area contributed by atoms with Gasteiger partial charge in [0, 0.05) is 6.20 Å². The number of para-hydroxylation sites is 1. The standard InChI is InChI=1S/C12H8Cl2FN3O2/c1-20-11-6(5-16-12(14)18-11)10(19)17-9-7(13)3-2-4-8(9)15/h2-5H,1H3,(H,17,19). The maximum absolute atomic E-state index is 13.6. The molecule has 104 valence electrons. The SMILES string of the molecule is COc1nc(Cl)ncc1C(=O)Nc1c(F)cccc1Cl. The molecule has 1 aromatic heterocycles. The summed E-state index contributed by atoms with van der Waals surface area (Å²) in [5, 5.41) is 2.35. The van der Waals surface area contributed by atoms with Gasteiger partial charge in [-0.25, -0.2) is 9.37 Å². The summed E-state index contributed by atoms with van der Waals surface area (Å²) in [5.74, 6) is -1.33. The Morgan fingerprint density at radius 1 is 1.40 bits per heavy atom. The average Bonchev–Trinajstić information content (AvgIpc) is 2.42. The number of halogens is 3. The van der Waals surface area contributed by atoms with Gasteiger partial charge < -0.3 is 10.1 Å². The van der Waals surface area contributed by atoms with Gasteiger partial charge in [-0.05, 0) is 23.7 Å². The van der Waals surface area contributed by atoms with E-state index in [-0.39, 0.29) is 27.4 Å². The Morgan fingerprint density at radius 3 is 2.80 bits per heavy atom. The molecule has 0 radical (unpaired) electrons. The lowest BCUT2D eigenvalue weighted by Gasteiger charge is -2.10. The summed E-state index contributed by atoms with van der Waals surface area (Å²) in [4.78, 5) is 19.5. The van der Waals surface area contributed by atoms with Crippen molar-refractivity contribution in [2.24, 2.45) is 0 Å². The second kappa shape index (κ2) is 6.02. The van der Waals surface area contributed by atoms with Gasteiger partial charge >= 0.3 is 0 Å². The van der Waals surface area contributed by atoms with Gasteiger partial charge in [-0.15, -0.1) is 0 Å². The highest BCUT2D eigenvalue weighted by molar-refractivity contribution is 6.34. The van der Waals surface area contributed by atoms with Crippen LogP contribution in [0, 0.1) is 5.82 Å². The van der Waals surface area contributed by atoms with Gasteiger partial charge in [-0.2, -0.15) is 4.98 Å². The van der Waals surface area contributed by atoms with Crippen molar-refractivity contribution in [2.45, 2.75) is 0 Å². The third-order valence-electron chi connectivity index (χ3n) is 2.36. The Bertz CT molecular complexity index is 647. The molecular formula is C12H8Cl2FN3O2. The highest BCUT2D eigenvalue weighted by atomic mass is 35.5. The minimum atomic E-state index is -0.662. The van der Waals surface area contributed by atoms with Gasteiger partial charge in [-0.3, -0.25) is 4.79 Å². The number of hydrogen-bond acceptors (Lipinski definition) is 4. The first kappa shape index (κ1) is 14.5. The predicted octanol–water partition coefficient (Wildman–Crippen LogP) is 3.18. The summed E-state index contributed by atoms with van der Waals surface area (Å²) in [6, 6.07) is 4.06. The van der Waals surface area contributed by atoms with Crippen LogP contribution < -0.4 is 10.1 Å². The summed E-state index contributed by atoms with van der Waals surface area (Å²) >= 11 is 11.4. The number of ether oxygens (including phenoxy) is 1. The molecule has 1 N–H and O–H groups in total. The largest absolute Gasteiger partial charge is 0.480 e. The first-order valence-electron chi connectivity index (χ1n) is 5.35. The summed E-state index contributed by atoms with van der Waals surface area (Å²) in [6.45, 7) is 0. The van der Waals surface area contributed by atoms with Crippen LogP contribution in [0.2, 0.25) is 10.3 Å². The molecule has 0 saturated carbocycles. The number of nitrogens with zero attached hydrogens (tertiary/aromatic N) is 2. The Morgan fingerprint density at radius 2 is 2.15 bits per heavy atom. The summed E-state index contributed by atoms with van der Waals surface area (Å²) in [6.07, 6.45) is 1.18. The topological polar surface area (TPSA) is 64.1 Å². The van der Waals surface area contributed by atoms with Crippen LogP contribution >= 0.6 is 23.2 Å². The average molecular weight is 316 g/mol. The number of methoxy groups -OCH3 is 1. The monoisotopic (exact) mass is 315 g/mol. The molecule has 1 aromatic carbocycles. The van der Waals surface area contributed by atoms with Crippen molar-refractivity contribution < 1.29 is 13.9 Å². The molecule has 20 heavy (non-hydrogen) atoms. The lowest BCUT2D eigenvalue weighted by atomic mass is 10.2. The molecule has 0 unspecified atom stereocenters. The van der Waals surface area contributed by atoms with Crippen LogP contribution in [0.1, 0.15) is 10.4 Å². The second-order valence-electron chi connectivity index (χ2n) is 3.61. The minimum absolute atomic E-state index is 0.0104. The van der Waals surface area contributed by atoms with Gasteiger partial charge in [0.25, 0.3) is 5.91 Å². The maximum atomic E-state index is 13.6. The second-order valence-corrected chi connectivity index (χ2v) is 4.36. The van der Waals surface area contributed by atoms with Crippen LogP contribution in [0.3, 0.4) is 0 Å². The highest BCUT2D eigenvalue weighted by Crippen LogP contribution is 2.26. The number of hydrogen-bond donors (Lipinski definition) is 1. The van der Waals surface area contributed by atoms with Crippen molar-refractivity contribution in [3.63, 3.8) is 0 Å². The molecule has 8 heteroatoms. The van der Waals surface area contributed by atoms with E-state index in [0.29, 0.717) is 0 Å². The third-order valence-corrected chi connectivity index (χ3v) is 2.86. The zero-order chi connectivity index (χ0) is 14.7. The van der Waals surface area contributed by atoms with Crippen molar-refractivity contribution in [2.75, 3.05) is 12.4 Å². The molecule has 0 spiro atoms. The molecule has 2 aromatic rings. The molecule has 0 aliphatic heterocycles. The van der Waals surface area contributed by atoms with E-state index in [2.05, 4.69) is 15.3 Å². The summed E-state index contributed by atoms with van der Waals surface area (Å²) in [7, 11) is 1.32. The van der Waals surface area contributed by atoms with Gasteiger partial charge in [0.2, 0.25) is 11.2 Å². The van der Waals surface area contributed by atoms with Crippen LogP contribution in [0.25, 0.3) is 0 Å². The number of anilines is 1. The van der Waals surface area contributed by atoms with E-state index in [1.165, 1.54) is 31.5 Å². The fourth-order valence-corrected chi connectivity index (χ4v) is 1.79. The van der Waals surface area contributed by atoms with Crippen molar-refractivity contribution in [1.82, 2.24) is 9.97 Å². The number of benzene rings is 1. The lowest BCUT2D eigenvalue weighted by Crippen LogP contribution is -2.15. The van der Waals surface area contributed by atoms with Crippen molar-refractivity contribution in [3.05, 3.63) is 46.1 Å². The summed E-state index contributed by atoms with van der Waals surface area (Å²) in [5.41, 5.74) is -0.118. The number of aromatic nitrogens is 2. The van der Waals surface area contributed by atoms with E-state index in [1.54, 1.807) is 0 Å². The highest BCUT2D eigenvalue weighted by Gasteiger charge is 2.18. The zero-order valence-corrected chi connectivity index (χ0v) is 11.7. The van der Waals surface area contributed by atoms with E-state index in [0.717, 1.165) is 0 Å². The van der Waals surface area contributed by atoms with Crippen LogP contribution in [-0.4, -0.2) is 23.0 Å². The van der Waals surface area contributed by atoms with Gasteiger partial charge in [0.1, 0.15) is 11.4 Å². The third kappa shape index (κ3) is 2.97. The molecule has 0 saturated heterocycles. The van der Waals surface area contributed by atoms with Crippen molar-refractivity contribution >= 4 is 34.8 Å². The fourth-order valence-electron chi connectivity index (χ4n) is 1.46. The molecule has 1 heterocycles. The van der Waals surface area contributed by atoms with E-state index in [4.69, 9.17) is 27.9 Å². The Balaban J connectivity index is 2.33. The maximum Gasteiger partial charge on any atom is 0.262 e. The molecule has 0 atom stereocenters. The number of rotatable bonds is 3. The molecule has 1 amide bonds. The first-order chi connectivity index (χ1) is 9.52. The normalized spacial score (nSPS) is 10.2. The minimum Gasteiger partial charge on any atom is -0.480 e. The van der Waals surface area contributed by atoms with Gasteiger partial charge in [0.05, 0.1) is 17.8 Å². The van der Waals surface area contributed by atoms with Crippen molar-refractivity contribution in [3.8, 4) is 5.88 Å². The molecule has 2 rings (SSSR count). The van der Waals surface area contributed by atoms with E-state index >= 15 is 0 Å². The molecule has 5 nitrogen and oxygen atoms in total. The van der Waals surface area contributed by atoms with E-state index in [9.17, 15) is 9.18 Å². The van der Waals surface area contributed by atoms with Crippen LogP contribution in [0.15, 0.2) is 24.4 Å². The number of nitrogens with one attached hydrogen (secondary N) is 1. The van der Waals surface area contributed by atoms with E-state index in [1.807, 2.05) is 0 Å².